The SMILES string of the molecule is C=CCCn1cc(-c2cc(C(=O)N3CCN(C(C)C)CC3)cc(N(C)/C=C\C)c2C)c2cc[nH]c2c1=O. The highest BCUT2D eigenvalue weighted by Crippen LogP contribution is 2.36. The van der Waals surface area contributed by atoms with Crippen molar-refractivity contribution in [3.05, 3.63) is 77.0 Å². The topological polar surface area (TPSA) is 64.6 Å². The fraction of sp³-hybridized carbons (Fsp3) is 0.400. The minimum absolute atomic E-state index is 0.0464. The average Bonchev–Trinajstić information content (AvgIpc) is 3.39. The summed E-state index contributed by atoms with van der Waals surface area (Å²) in [4.78, 5) is 36.4. The highest BCUT2D eigenvalue weighted by Gasteiger charge is 2.25. The number of carbonyl (C=O) groups is 1. The number of anilines is 1. The first kappa shape index (κ1) is 26.5. The van der Waals surface area contributed by atoms with Crippen LogP contribution in [0.15, 0.2) is 60.3 Å². The Bertz CT molecular complexity index is 1370. The van der Waals surface area contributed by atoms with E-state index in [1.165, 1.54) is 0 Å². The second-order valence-electron chi connectivity index (χ2n) is 10.1. The summed E-state index contributed by atoms with van der Waals surface area (Å²) >= 11 is 0. The summed E-state index contributed by atoms with van der Waals surface area (Å²) in [5.41, 5.74) is 5.10. The molecule has 1 fully saturated rings. The van der Waals surface area contributed by atoms with E-state index in [1.54, 1.807) is 10.8 Å². The Labute approximate surface area is 219 Å². The van der Waals surface area contributed by atoms with Crippen LogP contribution in [0.2, 0.25) is 0 Å². The molecule has 1 N–H and O–H groups in total. The number of benzene rings is 1. The minimum atomic E-state index is -0.0511. The normalized spacial score (nSPS) is 14.7. The van der Waals surface area contributed by atoms with Crippen molar-refractivity contribution in [1.82, 2.24) is 19.4 Å². The van der Waals surface area contributed by atoms with E-state index in [1.807, 2.05) is 66.5 Å². The van der Waals surface area contributed by atoms with Crippen molar-refractivity contribution in [2.75, 3.05) is 38.1 Å². The smallest absolute Gasteiger partial charge is 0.274 e. The quantitative estimate of drug-likeness (QED) is 0.441. The molecule has 7 heteroatoms. The molecular formula is C30H39N5O2. The van der Waals surface area contributed by atoms with Crippen molar-refractivity contribution in [3.63, 3.8) is 0 Å². The maximum Gasteiger partial charge on any atom is 0.274 e. The number of piperazine rings is 1. The van der Waals surface area contributed by atoms with Crippen LogP contribution in [-0.4, -0.2) is 64.5 Å². The molecule has 37 heavy (non-hydrogen) atoms. The Kier molecular flexibility index (Phi) is 8.03. The van der Waals surface area contributed by atoms with Crippen molar-refractivity contribution in [2.45, 2.75) is 46.7 Å². The zero-order chi connectivity index (χ0) is 26.7. The van der Waals surface area contributed by atoms with Gasteiger partial charge in [0.05, 0.1) is 0 Å². The Hall–Kier alpha value is -3.58. The van der Waals surface area contributed by atoms with Crippen LogP contribution in [0.1, 0.15) is 43.1 Å². The summed E-state index contributed by atoms with van der Waals surface area (Å²) in [7, 11) is 2.00. The second kappa shape index (κ2) is 11.2. The molecule has 0 saturated carbocycles. The Morgan fingerprint density at radius 3 is 2.57 bits per heavy atom. The van der Waals surface area contributed by atoms with Crippen molar-refractivity contribution in [2.24, 2.45) is 0 Å². The van der Waals surface area contributed by atoms with Crippen molar-refractivity contribution < 1.29 is 4.79 Å². The third-order valence-electron chi connectivity index (χ3n) is 7.37. The van der Waals surface area contributed by atoms with E-state index in [0.29, 0.717) is 30.1 Å². The van der Waals surface area contributed by atoms with Crippen LogP contribution in [0.4, 0.5) is 5.69 Å². The Morgan fingerprint density at radius 2 is 1.92 bits per heavy atom. The molecule has 0 spiro atoms. The van der Waals surface area contributed by atoms with Crippen LogP contribution < -0.4 is 10.5 Å². The van der Waals surface area contributed by atoms with Gasteiger partial charge in [-0.3, -0.25) is 14.5 Å². The third-order valence-corrected chi connectivity index (χ3v) is 7.37. The van der Waals surface area contributed by atoms with Gasteiger partial charge in [-0.05, 0) is 69.6 Å². The van der Waals surface area contributed by atoms with Crippen LogP contribution in [0.3, 0.4) is 0 Å². The Morgan fingerprint density at radius 1 is 1.19 bits per heavy atom. The molecule has 1 aliphatic rings. The molecule has 196 valence electrons. The first-order valence-electron chi connectivity index (χ1n) is 13.1. The lowest BCUT2D eigenvalue weighted by molar-refractivity contribution is 0.0595. The van der Waals surface area contributed by atoms with Gasteiger partial charge in [0.1, 0.15) is 5.52 Å². The molecule has 1 aliphatic heterocycles. The molecule has 0 atom stereocenters. The van der Waals surface area contributed by atoms with E-state index in [0.717, 1.165) is 53.9 Å². The molecular weight excluding hydrogens is 462 g/mol. The summed E-state index contributed by atoms with van der Waals surface area (Å²) in [6, 6.07) is 6.42. The molecule has 0 unspecified atom stereocenters. The van der Waals surface area contributed by atoms with Gasteiger partial charge >= 0.3 is 0 Å². The lowest BCUT2D eigenvalue weighted by atomic mass is 9.94. The van der Waals surface area contributed by atoms with Crippen molar-refractivity contribution >= 4 is 22.5 Å². The zero-order valence-corrected chi connectivity index (χ0v) is 22.8. The summed E-state index contributed by atoms with van der Waals surface area (Å²) in [6.07, 6.45) is 10.2. The number of pyridine rings is 1. The number of nitrogens with one attached hydrogen (secondary N) is 1. The third kappa shape index (κ3) is 5.27. The van der Waals surface area contributed by atoms with Crippen LogP contribution in [0.5, 0.6) is 0 Å². The van der Waals surface area contributed by atoms with Gasteiger partial charge in [0.25, 0.3) is 11.5 Å². The van der Waals surface area contributed by atoms with E-state index < -0.39 is 0 Å². The predicted octanol–water partition coefficient (Wildman–Crippen LogP) is 5.02. The average molecular weight is 502 g/mol. The number of amides is 1. The van der Waals surface area contributed by atoms with Gasteiger partial charge in [-0.25, -0.2) is 0 Å². The number of aromatic nitrogens is 2. The van der Waals surface area contributed by atoms with Crippen LogP contribution >= 0.6 is 0 Å². The maximum absolute atomic E-state index is 13.8. The number of allylic oxidation sites excluding steroid dienone is 2. The summed E-state index contributed by atoms with van der Waals surface area (Å²) in [6.45, 7) is 16.0. The monoisotopic (exact) mass is 501 g/mol. The Balaban J connectivity index is 1.86. The van der Waals surface area contributed by atoms with Gasteiger partial charge in [0.2, 0.25) is 0 Å². The van der Waals surface area contributed by atoms with E-state index in [4.69, 9.17) is 0 Å². The second-order valence-corrected chi connectivity index (χ2v) is 10.1. The molecule has 1 saturated heterocycles. The molecule has 2 aromatic heterocycles. The first-order chi connectivity index (χ1) is 17.8. The molecule has 1 aromatic carbocycles. The summed E-state index contributed by atoms with van der Waals surface area (Å²) in [5, 5.41) is 0.859. The molecule has 0 bridgehead atoms. The van der Waals surface area contributed by atoms with Gasteiger partial charge in [0, 0.05) is 80.4 Å². The number of hydrogen-bond acceptors (Lipinski definition) is 4. The number of aryl methyl sites for hydroxylation is 1. The largest absolute Gasteiger partial charge is 0.357 e. The van der Waals surface area contributed by atoms with E-state index >= 15 is 0 Å². The maximum atomic E-state index is 13.8. The van der Waals surface area contributed by atoms with E-state index in [-0.39, 0.29) is 11.5 Å². The fourth-order valence-corrected chi connectivity index (χ4v) is 5.21. The van der Waals surface area contributed by atoms with E-state index in [9.17, 15) is 9.59 Å². The first-order valence-corrected chi connectivity index (χ1v) is 13.1. The number of H-pyrrole nitrogens is 1. The molecule has 7 nitrogen and oxygen atoms in total. The number of rotatable bonds is 8. The standard InChI is InChI=1S/C30H39N5O2/c1-7-9-13-35-20-26(24-10-11-31-28(24)30(35)37)25-18-23(19-27(22(25)5)32(6)12-8-2)29(36)34-16-14-33(15-17-34)21(3)4/h7-8,10-12,18-21,31H,1,9,13-17H2,2-6H3/b12-8-. The number of aromatic amines is 1. The van der Waals surface area contributed by atoms with Gasteiger partial charge < -0.3 is 19.4 Å². The molecule has 0 radical (unpaired) electrons. The number of carbonyl (C=O) groups excluding carboxylic acids is 1. The predicted molar refractivity (Wildman–Crippen MR) is 153 cm³/mol. The molecule has 3 aromatic rings. The van der Waals surface area contributed by atoms with Gasteiger partial charge in [-0.1, -0.05) is 12.2 Å². The number of hydrogen-bond donors (Lipinski definition) is 1. The van der Waals surface area contributed by atoms with Crippen LogP contribution in [-0.2, 0) is 6.54 Å². The minimum Gasteiger partial charge on any atom is -0.357 e. The highest BCUT2D eigenvalue weighted by molar-refractivity contribution is 6.01. The molecule has 1 amide bonds. The van der Waals surface area contributed by atoms with Crippen molar-refractivity contribution in [3.8, 4) is 11.1 Å². The summed E-state index contributed by atoms with van der Waals surface area (Å²) in [5.74, 6) is 0.0464. The summed E-state index contributed by atoms with van der Waals surface area (Å²) < 4.78 is 1.74. The number of nitrogens with zero attached hydrogens (tertiary/aromatic N) is 4. The van der Waals surface area contributed by atoms with Gasteiger partial charge in [-0.2, -0.15) is 0 Å². The van der Waals surface area contributed by atoms with Gasteiger partial charge in [-0.15, -0.1) is 6.58 Å². The lowest BCUT2D eigenvalue weighted by Gasteiger charge is -2.37. The molecule has 3 heterocycles. The van der Waals surface area contributed by atoms with Crippen molar-refractivity contribution in [1.29, 1.82) is 0 Å². The van der Waals surface area contributed by atoms with Crippen LogP contribution in [0.25, 0.3) is 22.0 Å². The van der Waals surface area contributed by atoms with Crippen LogP contribution in [0, 0.1) is 6.92 Å². The fourth-order valence-electron chi connectivity index (χ4n) is 5.21. The van der Waals surface area contributed by atoms with E-state index in [2.05, 4.69) is 37.2 Å². The zero-order valence-electron chi connectivity index (χ0n) is 22.8. The molecule has 4 rings (SSSR count). The lowest BCUT2D eigenvalue weighted by Crippen LogP contribution is -2.50. The highest BCUT2D eigenvalue weighted by atomic mass is 16.2. The molecule has 0 aliphatic carbocycles. The van der Waals surface area contributed by atoms with Gasteiger partial charge in [0.15, 0.2) is 0 Å². The number of fused-ring (bicyclic) bond motifs is 1.